The molecule has 2 saturated heterocycles. The molecule has 0 unspecified atom stereocenters. The standard InChI is InChI=1S/C18H26N2O4/c1-22-13-7-8-17(23-2)15(11-13)16-6-3-9-20(16)18(21)19-12-14-5-4-10-24-14/h7-8,11,14,16H,3-6,9-10,12H2,1-2H3,(H,19,21)/t14-,16-/m0/s1. The SMILES string of the molecule is COc1ccc(OC)c([C@@H]2CCCN2C(=O)NC[C@@H]2CCCO2)c1. The van der Waals surface area contributed by atoms with E-state index in [1.165, 1.54) is 0 Å². The molecule has 2 aliphatic heterocycles. The third kappa shape index (κ3) is 3.59. The summed E-state index contributed by atoms with van der Waals surface area (Å²) in [6.45, 7) is 2.13. The van der Waals surface area contributed by atoms with Crippen LogP contribution >= 0.6 is 0 Å². The summed E-state index contributed by atoms with van der Waals surface area (Å²) >= 11 is 0. The number of nitrogens with one attached hydrogen (secondary N) is 1. The molecule has 2 aliphatic rings. The lowest BCUT2D eigenvalue weighted by Crippen LogP contribution is -2.42. The van der Waals surface area contributed by atoms with Gasteiger partial charge < -0.3 is 24.4 Å². The van der Waals surface area contributed by atoms with Crippen LogP contribution in [0.15, 0.2) is 18.2 Å². The molecule has 3 rings (SSSR count). The maximum absolute atomic E-state index is 12.6. The lowest BCUT2D eigenvalue weighted by Gasteiger charge is -2.27. The number of likely N-dealkylation sites (tertiary alicyclic amines) is 1. The molecule has 24 heavy (non-hydrogen) atoms. The summed E-state index contributed by atoms with van der Waals surface area (Å²) in [6, 6.07) is 5.72. The van der Waals surface area contributed by atoms with Crippen LogP contribution in [-0.2, 0) is 4.74 Å². The fourth-order valence-electron chi connectivity index (χ4n) is 3.54. The number of ether oxygens (including phenoxy) is 3. The number of rotatable bonds is 5. The zero-order valence-corrected chi connectivity index (χ0v) is 14.4. The van der Waals surface area contributed by atoms with Gasteiger partial charge in [-0.25, -0.2) is 4.79 Å². The summed E-state index contributed by atoms with van der Waals surface area (Å²) in [5.41, 5.74) is 1.00. The highest BCUT2D eigenvalue weighted by atomic mass is 16.5. The van der Waals surface area contributed by atoms with Crippen molar-refractivity contribution in [2.24, 2.45) is 0 Å². The number of hydrogen-bond acceptors (Lipinski definition) is 4. The third-order valence-corrected chi connectivity index (χ3v) is 4.81. The van der Waals surface area contributed by atoms with Crippen molar-refractivity contribution in [2.45, 2.75) is 37.8 Å². The van der Waals surface area contributed by atoms with Gasteiger partial charge in [0.2, 0.25) is 0 Å². The van der Waals surface area contributed by atoms with E-state index in [1.807, 2.05) is 23.1 Å². The van der Waals surface area contributed by atoms with E-state index in [2.05, 4.69) is 5.32 Å². The van der Waals surface area contributed by atoms with Gasteiger partial charge in [-0.15, -0.1) is 0 Å². The zero-order valence-electron chi connectivity index (χ0n) is 14.4. The van der Waals surface area contributed by atoms with E-state index in [4.69, 9.17) is 14.2 Å². The second-order valence-electron chi connectivity index (χ2n) is 6.28. The Morgan fingerprint density at radius 1 is 1.29 bits per heavy atom. The van der Waals surface area contributed by atoms with Crippen LogP contribution in [0.2, 0.25) is 0 Å². The van der Waals surface area contributed by atoms with Gasteiger partial charge in [-0.05, 0) is 43.9 Å². The maximum atomic E-state index is 12.6. The lowest BCUT2D eigenvalue weighted by atomic mass is 10.0. The van der Waals surface area contributed by atoms with E-state index in [1.54, 1.807) is 14.2 Å². The van der Waals surface area contributed by atoms with Crippen molar-refractivity contribution in [3.63, 3.8) is 0 Å². The molecule has 6 nitrogen and oxygen atoms in total. The van der Waals surface area contributed by atoms with Crippen LogP contribution < -0.4 is 14.8 Å². The Balaban J connectivity index is 1.71. The van der Waals surface area contributed by atoms with Crippen LogP contribution in [0, 0.1) is 0 Å². The van der Waals surface area contributed by atoms with Gasteiger partial charge in [0.25, 0.3) is 0 Å². The fourth-order valence-corrected chi connectivity index (χ4v) is 3.54. The average Bonchev–Trinajstić information content (AvgIpc) is 3.30. The Morgan fingerprint density at radius 2 is 2.17 bits per heavy atom. The van der Waals surface area contributed by atoms with Crippen molar-refractivity contribution >= 4 is 6.03 Å². The predicted octanol–water partition coefficient (Wildman–Crippen LogP) is 2.73. The highest BCUT2D eigenvalue weighted by Crippen LogP contribution is 2.38. The molecule has 0 saturated carbocycles. The number of benzene rings is 1. The van der Waals surface area contributed by atoms with E-state index in [-0.39, 0.29) is 18.2 Å². The van der Waals surface area contributed by atoms with Gasteiger partial charge in [-0.2, -0.15) is 0 Å². The monoisotopic (exact) mass is 334 g/mol. The minimum absolute atomic E-state index is 0.0135. The number of hydrogen-bond donors (Lipinski definition) is 1. The highest BCUT2D eigenvalue weighted by molar-refractivity contribution is 5.75. The van der Waals surface area contributed by atoms with Gasteiger partial charge in [0.15, 0.2) is 0 Å². The Labute approximate surface area is 143 Å². The Kier molecular flexibility index (Phi) is 5.45. The minimum Gasteiger partial charge on any atom is -0.497 e. The second-order valence-corrected chi connectivity index (χ2v) is 6.28. The molecule has 0 bridgehead atoms. The third-order valence-electron chi connectivity index (χ3n) is 4.81. The summed E-state index contributed by atoms with van der Waals surface area (Å²) in [5.74, 6) is 1.57. The van der Waals surface area contributed by atoms with Crippen LogP contribution in [0.25, 0.3) is 0 Å². The number of methoxy groups -OCH3 is 2. The number of urea groups is 1. The molecule has 1 N–H and O–H groups in total. The first-order valence-corrected chi connectivity index (χ1v) is 8.61. The topological polar surface area (TPSA) is 60.0 Å². The van der Waals surface area contributed by atoms with Crippen molar-refractivity contribution in [1.82, 2.24) is 10.2 Å². The van der Waals surface area contributed by atoms with Crippen LogP contribution in [-0.4, -0.2) is 51.0 Å². The largest absolute Gasteiger partial charge is 0.497 e. The maximum Gasteiger partial charge on any atom is 0.318 e. The van der Waals surface area contributed by atoms with Crippen LogP contribution in [0.3, 0.4) is 0 Å². The number of amides is 2. The Morgan fingerprint density at radius 3 is 2.88 bits per heavy atom. The van der Waals surface area contributed by atoms with Gasteiger partial charge in [0, 0.05) is 25.3 Å². The van der Waals surface area contributed by atoms with Crippen molar-refractivity contribution in [1.29, 1.82) is 0 Å². The predicted molar refractivity (Wildman–Crippen MR) is 90.6 cm³/mol. The summed E-state index contributed by atoms with van der Waals surface area (Å²) in [4.78, 5) is 14.5. The first-order valence-electron chi connectivity index (χ1n) is 8.61. The van der Waals surface area contributed by atoms with Gasteiger partial charge in [-0.1, -0.05) is 0 Å². The molecule has 2 heterocycles. The van der Waals surface area contributed by atoms with Crippen molar-refractivity contribution in [3.8, 4) is 11.5 Å². The molecular formula is C18H26N2O4. The summed E-state index contributed by atoms with van der Waals surface area (Å²) in [6.07, 6.45) is 4.16. The molecule has 0 aliphatic carbocycles. The zero-order chi connectivity index (χ0) is 16.9. The van der Waals surface area contributed by atoms with Gasteiger partial charge in [-0.3, -0.25) is 0 Å². The first-order chi connectivity index (χ1) is 11.7. The van der Waals surface area contributed by atoms with Gasteiger partial charge in [0.1, 0.15) is 11.5 Å². The molecule has 6 heteroatoms. The van der Waals surface area contributed by atoms with E-state index in [9.17, 15) is 4.79 Å². The molecule has 0 radical (unpaired) electrons. The number of carbonyl (C=O) groups is 1. The molecule has 2 amide bonds. The van der Waals surface area contributed by atoms with Crippen LogP contribution in [0.4, 0.5) is 4.79 Å². The number of nitrogens with zero attached hydrogens (tertiary/aromatic N) is 1. The molecule has 132 valence electrons. The molecule has 1 aromatic rings. The summed E-state index contributed by atoms with van der Waals surface area (Å²) in [5, 5.41) is 3.02. The van der Waals surface area contributed by atoms with Gasteiger partial charge >= 0.3 is 6.03 Å². The summed E-state index contributed by atoms with van der Waals surface area (Å²) in [7, 11) is 3.30. The van der Waals surface area contributed by atoms with E-state index in [0.29, 0.717) is 6.54 Å². The molecule has 0 aromatic heterocycles. The first kappa shape index (κ1) is 16.9. The summed E-state index contributed by atoms with van der Waals surface area (Å²) < 4.78 is 16.4. The molecule has 2 atom stereocenters. The minimum atomic E-state index is -0.0297. The van der Waals surface area contributed by atoms with Gasteiger partial charge in [0.05, 0.1) is 26.4 Å². The number of carbonyl (C=O) groups excluding carboxylic acids is 1. The molecule has 2 fully saturated rings. The van der Waals surface area contributed by atoms with Crippen LogP contribution in [0.5, 0.6) is 11.5 Å². The lowest BCUT2D eigenvalue weighted by molar-refractivity contribution is 0.108. The average molecular weight is 334 g/mol. The second kappa shape index (κ2) is 7.75. The molecule has 1 aromatic carbocycles. The van der Waals surface area contributed by atoms with E-state index < -0.39 is 0 Å². The van der Waals surface area contributed by atoms with E-state index in [0.717, 1.165) is 55.9 Å². The Hall–Kier alpha value is -1.95. The molecular weight excluding hydrogens is 308 g/mol. The highest BCUT2D eigenvalue weighted by Gasteiger charge is 2.32. The quantitative estimate of drug-likeness (QED) is 0.899. The fraction of sp³-hybridized carbons (Fsp3) is 0.611. The van der Waals surface area contributed by atoms with Crippen molar-refractivity contribution < 1.29 is 19.0 Å². The van der Waals surface area contributed by atoms with Crippen molar-refractivity contribution in [2.75, 3.05) is 33.9 Å². The molecule has 0 spiro atoms. The van der Waals surface area contributed by atoms with Crippen molar-refractivity contribution in [3.05, 3.63) is 23.8 Å². The van der Waals surface area contributed by atoms with Crippen LogP contribution in [0.1, 0.15) is 37.3 Å². The Bertz CT molecular complexity index is 572. The normalized spacial score (nSPS) is 23.3. The van der Waals surface area contributed by atoms with E-state index >= 15 is 0 Å². The smallest absolute Gasteiger partial charge is 0.318 e.